The zero-order valence-electron chi connectivity index (χ0n) is 12.3. The molecule has 0 amide bonds. The molecule has 0 spiro atoms. The number of hydrogen-bond acceptors (Lipinski definition) is 5. The van der Waals surface area contributed by atoms with Crippen LogP contribution in [-0.2, 0) is 23.0 Å². The van der Waals surface area contributed by atoms with E-state index in [1.165, 1.54) is 15.7 Å². The van der Waals surface area contributed by atoms with Crippen LogP contribution in [0, 0.1) is 0 Å². The van der Waals surface area contributed by atoms with E-state index in [1.807, 2.05) is 12.1 Å². The number of thiazole rings is 1. The lowest BCUT2D eigenvalue weighted by molar-refractivity contribution is 0.596. The second-order valence-corrected chi connectivity index (χ2v) is 8.07. The standard InChI is InChI=1S/C14H13ClN4O2S2.ClH/c15-12-13(19-6-7-22-14(19)17-12)23(20,21)18-11-3-1-2-9-4-5-16-8-10(9)11;/h1-3,6-7,16,18H,4-5,8H2;1H. The molecule has 0 saturated carbocycles. The Kier molecular flexibility index (Phi) is 4.76. The number of imidazole rings is 1. The Morgan fingerprint density at radius 1 is 1.38 bits per heavy atom. The van der Waals surface area contributed by atoms with E-state index >= 15 is 0 Å². The molecule has 0 bridgehead atoms. The minimum Gasteiger partial charge on any atom is -0.312 e. The van der Waals surface area contributed by atoms with Crippen LogP contribution in [0.25, 0.3) is 4.96 Å². The summed E-state index contributed by atoms with van der Waals surface area (Å²) in [6.45, 7) is 1.54. The largest absolute Gasteiger partial charge is 0.312 e. The number of nitrogens with one attached hydrogen (secondary N) is 2. The molecular weight excluding hydrogens is 391 g/mol. The van der Waals surface area contributed by atoms with Crippen LogP contribution in [-0.4, -0.2) is 24.3 Å². The van der Waals surface area contributed by atoms with Crippen molar-refractivity contribution >= 4 is 56.0 Å². The minimum absolute atomic E-state index is 0. The summed E-state index contributed by atoms with van der Waals surface area (Å²) < 4.78 is 29.8. The maximum absolute atomic E-state index is 12.8. The molecule has 2 N–H and O–H groups in total. The summed E-state index contributed by atoms with van der Waals surface area (Å²) in [5.41, 5.74) is 2.71. The summed E-state index contributed by atoms with van der Waals surface area (Å²) >= 11 is 7.38. The molecule has 0 saturated heterocycles. The highest BCUT2D eigenvalue weighted by atomic mass is 35.5. The van der Waals surface area contributed by atoms with E-state index in [9.17, 15) is 8.42 Å². The van der Waals surface area contributed by atoms with Gasteiger partial charge in [0.1, 0.15) is 0 Å². The first-order valence-electron chi connectivity index (χ1n) is 7.01. The summed E-state index contributed by atoms with van der Waals surface area (Å²) in [6, 6.07) is 5.65. The fraction of sp³-hybridized carbons (Fsp3) is 0.214. The van der Waals surface area contributed by atoms with E-state index in [4.69, 9.17) is 11.6 Å². The summed E-state index contributed by atoms with van der Waals surface area (Å²) in [5, 5.41) is 4.98. The van der Waals surface area contributed by atoms with Gasteiger partial charge in [0.15, 0.2) is 15.1 Å². The Labute approximate surface area is 154 Å². The van der Waals surface area contributed by atoms with Crippen LogP contribution in [0.5, 0.6) is 0 Å². The number of fused-ring (bicyclic) bond motifs is 2. The molecule has 128 valence electrons. The summed E-state index contributed by atoms with van der Waals surface area (Å²) in [7, 11) is -3.83. The topological polar surface area (TPSA) is 75.5 Å². The number of hydrogen-bond donors (Lipinski definition) is 2. The third-order valence-corrected chi connectivity index (χ3v) is 6.34. The zero-order chi connectivity index (χ0) is 16.0. The van der Waals surface area contributed by atoms with E-state index in [-0.39, 0.29) is 22.6 Å². The maximum Gasteiger partial charge on any atom is 0.281 e. The van der Waals surface area contributed by atoms with Gasteiger partial charge >= 0.3 is 0 Å². The van der Waals surface area contributed by atoms with Crippen molar-refractivity contribution in [3.8, 4) is 0 Å². The fourth-order valence-corrected chi connectivity index (χ4v) is 5.33. The molecule has 0 fully saturated rings. The zero-order valence-corrected chi connectivity index (χ0v) is 15.5. The molecule has 10 heteroatoms. The third kappa shape index (κ3) is 2.89. The van der Waals surface area contributed by atoms with Crippen molar-refractivity contribution < 1.29 is 8.42 Å². The van der Waals surface area contributed by atoms with E-state index in [0.29, 0.717) is 17.2 Å². The Bertz CT molecular complexity index is 998. The van der Waals surface area contributed by atoms with Gasteiger partial charge in [-0.3, -0.25) is 9.12 Å². The molecule has 3 heterocycles. The van der Waals surface area contributed by atoms with Crippen LogP contribution < -0.4 is 10.0 Å². The first kappa shape index (κ1) is 17.5. The van der Waals surface area contributed by atoms with Gasteiger partial charge < -0.3 is 5.32 Å². The second-order valence-electron chi connectivity index (χ2n) is 5.24. The molecule has 0 unspecified atom stereocenters. The Balaban J connectivity index is 0.00000169. The Morgan fingerprint density at radius 3 is 3.04 bits per heavy atom. The van der Waals surface area contributed by atoms with Gasteiger partial charge in [0.05, 0.1) is 5.69 Å². The number of halogens is 2. The summed E-state index contributed by atoms with van der Waals surface area (Å²) in [6.07, 6.45) is 2.53. The quantitative estimate of drug-likeness (QED) is 0.703. The average Bonchev–Trinajstić information content (AvgIpc) is 3.06. The van der Waals surface area contributed by atoms with E-state index in [1.54, 1.807) is 17.6 Å². The number of sulfonamides is 1. The molecule has 0 atom stereocenters. The smallest absolute Gasteiger partial charge is 0.281 e. The Hall–Kier alpha value is -1.32. The Morgan fingerprint density at radius 2 is 2.21 bits per heavy atom. The number of anilines is 1. The van der Waals surface area contributed by atoms with Crippen LogP contribution in [0.15, 0.2) is 34.8 Å². The van der Waals surface area contributed by atoms with Crippen LogP contribution in [0.2, 0.25) is 5.15 Å². The highest BCUT2D eigenvalue weighted by Crippen LogP contribution is 2.29. The number of nitrogens with zero attached hydrogens (tertiary/aromatic N) is 2. The van der Waals surface area contributed by atoms with Crippen molar-refractivity contribution in [2.24, 2.45) is 0 Å². The lowest BCUT2D eigenvalue weighted by Gasteiger charge is -2.20. The number of aromatic nitrogens is 2. The van der Waals surface area contributed by atoms with Gasteiger partial charge in [-0.15, -0.1) is 23.7 Å². The lowest BCUT2D eigenvalue weighted by atomic mass is 10.00. The van der Waals surface area contributed by atoms with Crippen molar-refractivity contribution in [3.63, 3.8) is 0 Å². The number of rotatable bonds is 3. The first-order chi connectivity index (χ1) is 11.1. The van der Waals surface area contributed by atoms with E-state index in [0.717, 1.165) is 24.1 Å². The van der Waals surface area contributed by atoms with Gasteiger partial charge in [-0.1, -0.05) is 23.7 Å². The SMILES string of the molecule is Cl.O=S(=O)(Nc1cccc2c1CNCC2)c1c(Cl)nc2sccn12. The van der Waals surface area contributed by atoms with Gasteiger partial charge in [0, 0.05) is 18.1 Å². The predicted molar refractivity (Wildman–Crippen MR) is 98.0 cm³/mol. The molecular formula is C14H14Cl2N4O2S2. The molecule has 24 heavy (non-hydrogen) atoms. The first-order valence-corrected chi connectivity index (χ1v) is 9.76. The van der Waals surface area contributed by atoms with Gasteiger partial charge in [-0.25, -0.2) is 4.98 Å². The van der Waals surface area contributed by atoms with E-state index < -0.39 is 10.0 Å². The highest BCUT2D eigenvalue weighted by Gasteiger charge is 2.26. The van der Waals surface area contributed by atoms with Crippen LogP contribution >= 0.6 is 35.3 Å². The van der Waals surface area contributed by atoms with Crippen molar-refractivity contribution in [1.82, 2.24) is 14.7 Å². The maximum atomic E-state index is 12.8. The van der Waals surface area contributed by atoms with Gasteiger partial charge in [0.2, 0.25) is 0 Å². The second kappa shape index (κ2) is 6.53. The predicted octanol–water partition coefficient (Wildman–Crippen LogP) is 2.92. The van der Waals surface area contributed by atoms with E-state index in [2.05, 4.69) is 15.0 Å². The highest BCUT2D eigenvalue weighted by molar-refractivity contribution is 7.92. The molecule has 4 rings (SSSR count). The average molecular weight is 405 g/mol. The molecule has 1 aromatic carbocycles. The fourth-order valence-electron chi connectivity index (χ4n) is 2.78. The molecule has 1 aliphatic heterocycles. The molecule has 6 nitrogen and oxygen atoms in total. The summed E-state index contributed by atoms with van der Waals surface area (Å²) in [5.74, 6) is 0. The van der Waals surface area contributed by atoms with Crippen molar-refractivity contribution in [2.45, 2.75) is 18.0 Å². The van der Waals surface area contributed by atoms with Crippen LogP contribution in [0.3, 0.4) is 0 Å². The normalized spacial score (nSPS) is 14.2. The molecule has 2 aromatic heterocycles. The third-order valence-electron chi connectivity index (χ3n) is 3.82. The van der Waals surface area contributed by atoms with Crippen LogP contribution in [0.1, 0.15) is 11.1 Å². The lowest BCUT2D eigenvalue weighted by Crippen LogP contribution is -2.25. The van der Waals surface area contributed by atoms with Crippen LogP contribution in [0.4, 0.5) is 5.69 Å². The minimum atomic E-state index is -3.83. The summed E-state index contributed by atoms with van der Waals surface area (Å²) in [4.78, 5) is 4.63. The van der Waals surface area contributed by atoms with Crippen molar-refractivity contribution in [2.75, 3.05) is 11.3 Å². The van der Waals surface area contributed by atoms with Gasteiger partial charge in [-0.2, -0.15) is 8.42 Å². The van der Waals surface area contributed by atoms with Gasteiger partial charge in [0.25, 0.3) is 10.0 Å². The number of benzene rings is 1. The van der Waals surface area contributed by atoms with Crippen molar-refractivity contribution in [1.29, 1.82) is 0 Å². The monoisotopic (exact) mass is 404 g/mol. The molecule has 0 aliphatic carbocycles. The van der Waals surface area contributed by atoms with Gasteiger partial charge in [-0.05, 0) is 30.2 Å². The molecule has 3 aromatic rings. The molecule has 0 radical (unpaired) electrons. The molecule has 1 aliphatic rings. The van der Waals surface area contributed by atoms with Crippen molar-refractivity contribution in [3.05, 3.63) is 46.1 Å².